The van der Waals surface area contributed by atoms with Gasteiger partial charge in [0.15, 0.2) is 0 Å². The summed E-state index contributed by atoms with van der Waals surface area (Å²) in [6.45, 7) is 3.31. The summed E-state index contributed by atoms with van der Waals surface area (Å²) in [7, 11) is 0. The summed E-state index contributed by atoms with van der Waals surface area (Å²) >= 11 is 1.37. The first-order valence-electron chi connectivity index (χ1n) is 10.2. The number of likely N-dealkylation sites (tertiary alicyclic amines) is 1. The van der Waals surface area contributed by atoms with Crippen LogP contribution in [0, 0.1) is 5.92 Å². The average Bonchev–Trinajstić information content (AvgIpc) is 3.52. The third-order valence-corrected chi connectivity index (χ3v) is 6.10. The largest absolute Gasteiger partial charge is 0.466 e. The normalized spacial score (nSPS) is 19.2. The Morgan fingerprint density at radius 1 is 1.21 bits per heavy atom. The molecule has 1 saturated carbocycles. The van der Waals surface area contributed by atoms with Crippen LogP contribution in [0.25, 0.3) is 5.69 Å². The molecule has 1 aliphatic carbocycles. The number of ether oxygens (including phenoxy) is 1. The Kier molecular flexibility index (Phi) is 6.18. The first-order chi connectivity index (χ1) is 14.2. The van der Waals surface area contributed by atoms with Crippen molar-refractivity contribution >= 4 is 23.6 Å². The van der Waals surface area contributed by atoms with E-state index in [1.54, 1.807) is 11.8 Å². The molecule has 7 nitrogen and oxygen atoms in total. The van der Waals surface area contributed by atoms with E-state index < -0.39 is 0 Å². The fraction of sp³-hybridized carbons (Fsp3) is 0.524. The Labute approximate surface area is 174 Å². The van der Waals surface area contributed by atoms with Crippen LogP contribution in [0.15, 0.2) is 35.5 Å². The number of carbonyl (C=O) groups is 2. The van der Waals surface area contributed by atoms with Gasteiger partial charge in [0, 0.05) is 19.0 Å². The van der Waals surface area contributed by atoms with Crippen molar-refractivity contribution in [3.8, 4) is 5.69 Å². The van der Waals surface area contributed by atoms with Gasteiger partial charge in [-0.1, -0.05) is 30.0 Å². The quantitative estimate of drug-likeness (QED) is 0.512. The molecule has 0 radical (unpaired) electrons. The highest BCUT2D eigenvalue weighted by Crippen LogP contribution is 2.40. The summed E-state index contributed by atoms with van der Waals surface area (Å²) in [5, 5.41) is 5.28. The number of hydrogen-bond donors (Lipinski definition) is 0. The topological polar surface area (TPSA) is 77.3 Å². The molecule has 0 unspecified atom stereocenters. The maximum atomic E-state index is 12.7. The lowest BCUT2D eigenvalue weighted by molar-refractivity contribution is -0.151. The van der Waals surface area contributed by atoms with E-state index in [4.69, 9.17) is 9.72 Å². The van der Waals surface area contributed by atoms with Crippen molar-refractivity contribution in [1.82, 2.24) is 19.7 Å². The fourth-order valence-corrected chi connectivity index (χ4v) is 4.34. The van der Waals surface area contributed by atoms with Gasteiger partial charge in [0.25, 0.3) is 0 Å². The zero-order chi connectivity index (χ0) is 20.2. The molecule has 0 bridgehead atoms. The lowest BCUT2D eigenvalue weighted by atomic mass is 9.98. The summed E-state index contributed by atoms with van der Waals surface area (Å²) in [4.78, 5) is 31.2. The van der Waals surface area contributed by atoms with Crippen molar-refractivity contribution < 1.29 is 14.3 Å². The van der Waals surface area contributed by atoms with Crippen molar-refractivity contribution in [3.63, 3.8) is 0 Å². The van der Waals surface area contributed by atoms with Crippen LogP contribution in [-0.4, -0.2) is 57.0 Å². The molecule has 1 saturated heterocycles. The summed E-state index contributed by atoms with van der Waals surface area (Å²) in [5.74, 6) is 1.32. The number of para-hydroxylation sites is 1. The molecule has 2 heterocycles. The number of piperidine rings is 1. The molecule has 4 rings (SSSR count). The smallest absolute Gasteiger partial charge is 0.310 e. The Hall–Kier alpha value is -2.35. The molecule has 154 valence electrons. The van der Waals surface area contributed by atoms with Gasteiger partial charge >= 0.3 is 5.97 Å². The van der Waals surface area contributed by atoms with Crippen LogP contribution >= 0.6 is 11.8 Å². The van der Waals surface area contributed by atoms with Crippen LogP contribution in [0.4, 0.5) is 0 Å². The number of amides is 1. The summed E-state index contributed by atoms with van der Waals surface area (Å²) in [5.41, 5.74) is 0.994. The Balaban J connectivity index is 1.39. The highest BCUT2D eigenvalue weighted by Gasteiger charge is 2.32. The average molecular weight is 415 g/mol. The molecule has 1 atom stereocenters. The van der Waals surface area contributed by atoms with Gasteiger partial charge in [0.1, 0.15) is 5.82 Å². The van der Waals surface area contributed by atoms with Crippen molar-refractivity contribution in [3.05, 3.63) is 36.2 Å². The number of nitrogens with zero attached hydrogens (tertiary/aromatic N) is 4. The van der Waals surface area contributed by atoms with Crippen LogP contribution in [0.3, 0.4) is 0 Å². The predicted octanol–water partition coefficient (Wildman–Crippen LogP) is 3.04. The zero-order valence-electron chi connectivity index (χ0n) is 16.6. The first kappa shape index (κ1) is 19.9. The lowest BCUT2D eigenvalue weighted by Crippen LogP contribution is -2.43. The molecular weight excluding hydrogens is 388 g/mol. The Morgan fingerprint density at radius 2 is 2.00 bits per heavy atom. The minimum atomic E-state index is -0.213. The van der Waals surface area contributed by atoms with Crippen LogP contribution in [0.2, 0.25) is 0 Å². The van der Waals surface area contributed by atoms with Crippen molar-refractivity contribution in [2.75, 3.05) is 25.4 Å². The SMILES string of the molecule is CCOC(=O)[C@@H]1CCCN(C(=O)CSc2nc(C3CC3)n(-c3ccccc3)n2)C1. The molecule has 8 heteroatoms. The molecule has 29 heavy (non-hydrogen) atoms. The van der Waals surface area contributed by atoms with Gasteiger partial charge in [0.2, 0.25) is 11.1 Å². The van der Waals surface area contributed by atoms with E-state index in [1.165, 1.54) is 11.8 Å². The first-order valence-corrected chi connectivity index (χ1v) is 11.2. The van der Waals surface area contributed by atoms with Crippen LogP contribution < -0.4 is 0 Å². The molecule has 2 aliphatic rings. The lowest BCUT2D eigenvalue weighted by Gasteiger charge is -2.31. The Morgan fingerprint density at radius 3 is 2.72 bits per heavy atom. The summed E-state index contributed by atoms with van der Waals surface area (Å²) in [6, 6.07) is 9.99. The van der Waals surface area contributed by atoms with Crippen LogP contribution in [-0.2, 0) is 14.3 Å². The second kappa shape index (κ2) is 8.98. The maximum absolute atomic E-state index is 12.7. The molecule has 2 aromatic rings. The molecule has 0 spiro atoms. The van der Waals surface area contributed by atoms with Crippen molar-refractivity contribution in [1.29, 1.82) is 0 Å². The monoisotopic (exact) mass is 414 g/mol. The standard InChI is InChI=1S/C21H26N4O3S/c1-2-28-20(27)16-7-6-12-24(13-16)18(26)14-29-21-22-19(15-10-11-15)25(23-21)17-8-4-3-5-9-17/h3-5,8-9,15-16H,2,6-7,10-14H2,1H3/t16-/m1/s1. The molecule has 1 aliphatic heterocycles. The minimum Gasteiger partial charge on any atom is -0.466 e. The molecule has 2 fully saturated rings. The number of benzene rings is 1. The number of carbonyl (C=O) groups excluding carboxylic acids is 2. The van der Waals surface area contributed by atoms with Gasteiger partial charge in [-0.05, 0) is 44.7 Å². The number of esters is 1. The molecule has 1 aromatic carbocycles. The van der Waals surface area contributed by atoms with Crippen molar-refractivity contribution in [2.45, 2.75) is 43.7 Å². The minimum absolute atomic E-state index is 0.0213. The molecular formula is C21H26N4O3S. The maximum Gasteiger partial charge on any atom is 0.310 e. The third kappa shape index (κ3) is 4.80. The molecule has 1 aromatic heterocycles. The van der Waals surface area contributed by atoms with E-state index in [0.717, 1.165) is 37.2 Å². The van der Waals surface area contributed by atoms with Crippen LogP contribution in [0.1, 0.15) is 44.3 Å². The van der Waals surface area contributed by atoms with Gasteiger partial charge in [0.05, 0.1) is 24.0 Å². The van der Waals surface area contributed by atoms with Gasteiger partial charge in [-0.3, -0.25) is 9.59 Å². The number of rotatable bonds is 7. The van der Waals surface area contributed by atoms with Crippen LogP contribution in [0.5, 0.6) is 0 Å². The predicted molar refractivity (Wildman–Crippen MR) is 110 cm³/mol. The zero-order valence-corrected chi connectivity index (χ0v) is 17.4. The van der Waals surface area contributed by atoms with Gasteiger partial charge in [-0.25, -0.2) is 9.67 Å². The van der Waals surface area contributed by atoms with E-state index in [9.17, 15) is 9.59 Å². The third-order valence-electron chi connectivity index (χ3n) is 5.27. The van der Waals surface area contributed by atoms with Gasteiger partial charge < -0.3 is 9.64 Å². The highest BCUT2D eigenvalue weighted by atomic mass is 32.2. The number of aromatic nitrogens is 3. The highest BCUT2D eigenvalue weighted by molar-refractivity contribution is 7.99. The second-order valence-electron chi connectivity index (χ2n) is 7.49. The Bertz CT molecular complexity index is 866. The van der Waals surface area contributed by atoms with Crippen molar-refractivity contribution in [2.24, 2.45) is 5.92 Å². The second-order valence-corrected chi connectivity index (χ2v) is 8.44. The van der Waals surface area contributed by atoms with E-state index in [2.05, 4.69) is 5.10 Å². The summed E-state index contributed by atoms with van der Waals surface area (Å²) < 4.78 is 7.03. The van der Waals surface area contributed by atoms with E-state index in [-0.39, 0.29) is 23.5 Å². The fourth-order valence-electron chi connectivity index (χ4n) is 3.60. The van der Waals surface area contributed by atoms with Gasteiger partial charge in [-0.2, -0.15) is 0 Å². The van der Waals surface area contributed by atoms with E-state index in [1.807, 2.05) is 35.0 Å². The number of hydrogen-bond acceptors (Lipinski definition) is 6. The van der Waals surface area contributed by atoms with E-state index >= 15 is 0 Å². The van der Waals surface area contributed by atoms with E-state index in [0.29, 0.717) is 30.8 Å². The summed E-state index contributed by atoms with van der Waals surface area (Å²) in [6.07, 6.45) is 3.88. The van der Waals surface area contributed by atoms with Gasteiger partial charge in [-0.15, -0.1) is 5.10 Å². The molecule has 0 N–H and O–H groups in total. The molecule has 1 amide bonds. The number of thioether (sulfide) groups is 1.